The molecule has 23 heavy (non-hydrogen) atoms. The molecule has 7 nitrogen and oxygen atoms in total. The highest BCUT2D eigenvalue weighted by Crippen LogP contribution is 2.23. The zero-order chi connectivity index (χ0) is 16.8. The third-order valence-electron chi connectivity index (χ3n) is 3.55. The van der Waals surface area contributed by atoms with E-state index in [0.29, 0.717) is 37.6 Å². The number of morpholine rings is 1. The van der Waals surface area contributed by atoms with Gasteiger partial charge in [0.1, 0.15) is 6.04 Å². The van der Waals surface area contributed by atoms with E-state index in [2.05, 4.69) is 10.6 Å². The fourth-order valence-electron chi connectivity index (χ4n) is 2.52. The van der Waals surface area contributed by atoms with Gasteiger partial charge in [-0.1, -0.05) is 12.1 Å². The zero-order valence-corrected chi connectivity index (χ0v) is 13.4. The van der Waals surface area contributed by atoms with Crippen LogP contribution in [-0.4, -0.2) is 54.4 Å². The van der Waals surface area contributed by atoms with Crippen molar-refractivity contribution in [3.63, 3.8) is 0 Å². The molecule has 2 rings (SSSR count). The van der Waals surface area contributed by atoms with Gasteiger partial charge in [-0.25, -0.2) is 4.79 Å². The van der Waals surface area contributed by atoms with Gasteiger partial charge in [0.05, 0.1) is 13.2 Å². The summed E-state index contributed by atoms with van der Waals surface area (Å²) in [4.78, 5) is 25.2. The number of nitrogens with one attached hydrogen (secondary N) is 2. The molecule has 1 atom stereocenters. The van der Waals surface area contributed by atoms with Gasteiger partial charge in [-0.2, -0.15) is 0 Å². The summed E-state index contributed by atoms with van der Waals surface area (Å²) in [5, 5.41) is 15.0. The number of hydrogen-bond donors (Lipinski definition) is 3. The lowest BCUT2D eigenvalue weighted by molar-refractivity contribution is -0.145. The first-order valence-corrected chi connectivity index (χ1v) is 7.69. The second kappa shape index (κ2) is 7.94. The highest BCUT2D eigenvalue weighted by molar-refractivity contribution is 5.89. The first-order valence-electron chi connectivity index (χ1n) is 7.69. The number of urea groups is 1. The largest absolute Gasteiger partial charge is 0.480 e. The van der Waals surface area contributed by atoms with E-state index in [9.17, 15) is 14.7 Å². The van der Waals surface area contributed by atoms with E-state index in [1.54, 1.807) is 24.3 Å². The van der Waals surface area contributed by atoms with Crippen molar-refractivity contribution in [1.29, 1.82) is 0 Å². The van der Waals surface area contributed by atoms with E-state index >= 15 is 0 Å². The second-order valence-electron chi connectivity index (χ2n) is 5.76. The average molecular weight is 321 g/mol. The molecule has 1 aromatic carbocycles. The molecular formula is C16H23N3O4. The van der Waals surface area contributed by atoms with Crippen LogP contribution in [0.15, 0.2) is 24.3 Å². The molecule has 1 aliphatic rings. The highest BCUT2D eigenvalue weighted by atomic mass is 16.5. The number of nitrogens with zero attached hydrogens (tertiary/aromatic N) is 1. The quantitative estimate of drug-likeness (QED) is 0.767. The predicted molar refractivity (Wildman–Crippen MR) is 86.5 cm³/mol. The van der Waals surface area contributed by atoms with Crippen molar-refractivity contribution in [3.8, 4) is 0 Å². The van der Waals surface area contributed by atoms with Crippen molar-refractivity contribution in [2.24, 2.45) is 0 Å². The normalized spacial score (nSPS) is 16.8. The lowest BCUT2D eigenvalue weighted by Gasteiger charge is -2.32. The summed E-state index contributed by atoms with van der Waals surface area (Å²) in [5.41, 5.74) is 1.31. The molecular weight excluding hydrogens is 298 g/mol. The Bertz CT molecular complexity index is 539. The van der Waals surface area contributed by atoms with Crippen LogP contribution in [0.4, 0.5) is 10.5 Å². The molecule has 126 valence electrons. The summed E-state index contributed by atoms with van der Waals surface area (Å²) in [6.45, 7) is 6.02. The predicted octanol–water partition coefficient (Wildman–Crippen LogP) is 1.67. The average Bonchev–Trinajstić information content (AvgIpc) is 2.49. The fraction of sp³-hybridized carbons (Fsp3) is 0.500. The smallest absolute Gasteiger partial charge is 0.325 e. The molecule has 0 saturated carbocycles. The molecule has 2 amide bonds. The number of rotatable bonds is 5. The monoisotopic (exact) mass is 321 g/mol. The minimum Gasteiger partial charge on any atom is -0.480 e. The van der Waals surface area contributed by atoms with Gasteiger partial charge in [-0.3, -0.25) is 9.69 Å². The summed E-state index contributed by atoms with van der Waals surface area (Å²) in [7, 11) is 0. The van der Waals surface area contributed by atoms with E-state index in [1.165, 1.54) is 0 Å². The van der Waals surface area contributed by atoms with Crippen molar-refractivity contribution in [1.82, 2.24) is 10.2 Å². The molecule has 1 saturated heterocycles. The van der Waals surface area contributed by atoms with E-state index < -0.39 is 12.0 Å². The van der Waals surface area contributed by atoms with Crippen LogP contribution >= 0.6 is 0 Å². The molecule has 0 bridgehead atoms. The summed E-state index contributed by atoms with van der Waals surface area (Å²) in [5.74, 6) is -0.884. The molecule has 1 aliphatic heterocycles. The van der Waals surface area contributed by atoms with Gasteiger partial charge in [-0.15, -0.1) is 0 Å². The Labute approximate surface area is 135 Å². The lowest BCUT2D eigenvalue weighted by Crippen LogP contribution is -2.42. The number of hydrogen-bond acceptors (Lipinski definition) is 4. The van der Waals surface area contributed by atoms with Crippen LogP contribution in [-0.2, 0) is 9.53 Å². The Morgan fingerprint density at radius 2 is 1.78 bits per heavy atom. The summed E-state index contributed by atoms with van der Waals surface area (Å²) in [6, 6.07) is 5.97. The summed E-state index contributed by atoms with van der Waals surface area (Å²) in [6.07, 6.45) is 0. The van der Waals surface area contributed by atoms with Gasteiger partial charge in [0.25, 0.3) is 0 Å². The van der Waals surface area contributed by atoms with Crippen LogP contribution in [0.2, 0.25) is 0 Å². The third-order valence-corrected chi connectivity index (χ3v) is 3.55. The molecule has 0 aliphatic carbocycles. The highest BCUT2D eigenvalue weighted by Gasteiger charge is 2.28. The minimum atomic E-state index is -0.884. The number of ether oxygens (including phenoxy) is 1. The summed E-state index contributed by atoms with van der Waals surface area (Å²) < 4.78 is 5.27. The molecule has 0 radical (unpaired) electrons. The molecule has 0 unspecified atom stereocenters. The Balaban J connectivity index is 2.06. The fourth-order valence-corrected chi connectivity index (χ4v) is 2.52. The SMILES string of the molecule is CC(C)NC(=O)Nc1ccc([C@@H](C(=O)O)N2CCOCC2)cc1. The van der Waals surface area contributed by atoms with Gasteiger partial charge in [-0.05, 0) is 31.5 Å². The van der Waals surface area contributed by atoms with Crippen LogP contribution in [0, 0.1) is 0 Å². The molecule has 0 spiro atoms. The first-order chi connectivity index (χ1) is 11.0. The van der Waals surface area contributed by atoms with Gasteiger partial charge < -0.3 is 20.5 Å². The molecule has 1 heterocycles. The van der Waals surface area contributed by atoms with E-state index in [-0.39, 0.29) is 12.1 Å². The van der Waals surface area contributed by atoms with Crippen LogP contribution in [0.5, 0.6) is 0 Å². The van der Waals surface area contributed by atoms with E-state index in [0.717, 1.165) is 0 Å². The number of anilines is 1. The van der Waals surface area contributed by atoms with Crippen LogP contribution < -0.4 is 10.6 Å². The number of carboxylic acids is 1. The Hall–Kier alpha value is -2.12. The van der Waals surface area contributed by atoms with Gasteiger partial charge >= 0.3 is 12.0 Å². The van der Waals surface area contributed by atoms with Crippen LogP contribution in [0.25, 0.3) is 0 Å². The Morgan fingerprint density at radius 1 is 1.17 bits per heavy atom. The number of carbonyl (C=O) groups is 2. The molecule has 1 aromatic rings. The van der Waals surface area contributed by atoms with Crippen LogP contribution in [0.3, 0.4) is 0 Å². The standard InChI is InChI=1S/C16H23N3O4/c1-11(2)17-16(22)18-13-5-3-12(4-6-13)14(15(20)21)19-7-9-23-10-8-19/h3-6,11,14H,7-10H2,1-2H3,(H,20,21)(H2,17,18,22)/t14-/m0/s1. The first kappa shape index (κ1) is 17.2. The number of benzene rings is 1. The maximum atomic E-state index is 11.7. The number of carbonyl (C=O) groups excluding carboxylic acids is 1. The molecule has 1 fully saturated rings. The van der Waals surface area contributed by atoms with E-state index in [4.69, 9.17) is 4.74 Å². The van der Waals surface area contributed by atoms with Gasteiger partial charge in [0.15, 0.2) is 0 Å². The lowest BCUT2D eigenvalue weighted by atomic mass is 10.0. The molecule has 7 heteroatoms. The van der Waals surface area contributed by atoms with E-state index in [1.807, 2.05) is 18.7 Å². The minimum absolute atomic E-state index is 0.0481. The Morgan fingerprint density at radius 3 is 2.30 bits per heavy atom. The maximum absolute atomic E-state index is 11.7. The van der Waals surface area contributed by atoms with Crippen molar-refractivity contribution >= 4 is 17.7 Å². The van der Waals surface area contributed by atoms with Crippen molar-refractivity contribution in [3.05, 3.63) is 29.8 Å². The van der Waals surface area contributed by atoms with Crippen LogP contribution in [0.1, 0.15) is 25.5 Å². The zero-order valence-electron chi connectivity index (χ0n) is 13.4. The van der Waals surface area contributed by atoms with Crippen molar-refractivity contribution in [2.45, 2.75) is 25.9 Å². The summed E-state index contributed by atoms with van der Waals surface area (Å²) >= 11 is 0. The Kier molecular flexibility index (Phi) is 5.95. The topological polar surface area (TPSA) is 90.9 Å². The number of amides is 2. The molecule has 3 N–H and O–H groups in total. The van der Waals surface area contributed by atoms with Crippen molar-refractivity contribution < 1.29 is 19.4 Å². The number of carboxylic acid groups (broad SMARTS) is 1. The molecule has 0 aromatic heterocycles. The second-order valence-corrected chi connectivity index (χ2v) is 5.76. The third kappa shape index (κ3) is 4.94. The van der Waals surface area contributed by atoms with Gasteiger partial charge in [0, 0.05) is 24.8 Å². The number of aliphatic carboxylic acids is 1. The maximum Gasteiger partial charge on any atom is 0.325 e. The van der Waals surface area contributed by atoms with Gasteiger partial charge in [0.2, 0.25) is 0 Å². The van der Waals surface area contributed by atoms with Crippen molar-refractivity contribution in [2.75, 3.05) is 31.6 Å².